The number of hydrogen-bond donors (Lipinski definition) is 2. The van der Waals surface area contributed by atoms with E-state index in [0.717, 1.165) is 37.0 Å². The molecule has 0 spiro atoms. The van der Waals surface area contributed by atoms with Gasteiger partial charge in [-0.1, -0.05) is 36.9 Å². The summed E-state index contributed by atoms with van der Waals surface area (Å²) in [6.07, 6.45) is 6.76. The summed E-state index contributed by atoms with van der Waals surface area (Å²) in [5.41, 5.74) is 0.0725. The van der Waals surface area contributed by atoms with E-state index < -0.39 is 60.1 Å². The molecule has 8 rings (SSSR count). The molecule has 15 nitrogen and oxygen atoms in total. The van der Waals surface area contributed by atoms with Crippen molar-refractivity contribution in [3.63, 3.8) is 0 Å². The maximum Gasteiger partial charge on any atom is 0.339 e. The second-order valence-electron chi connectivity index (χ2n) is 17.1. The van der Waals surface area contributed by atoms with E-state index in [1.807, 2.05) is 19.1 Å². The van der Waals surface area contributed by atoms with Crippen LogP contribution in [-0.2, 0) is 28.5 Å². The highest BCUT2D eigenvalue weighted by molar-refractivity contribution is 6.12. The summed E-state index contributed by atoms with van der Waals surface area (Å²) in [4.78, 5) is 103. The molecule has 0 heterocycles. The lowest BCUT2D eigenvalue weighted by Crippen LogP contribution is -2.58. The summed E-state index contributed by atoms with van der Waals surface area (Å²) in [6, 6.07) is 21.1. The molecule has 4 bridgehead atoms. The van der Waals surface area contributed by atoms with Gasteiger partial charge in [0.1, 0.15) is 17.1 Å². The SMILES string of the molecule is C=CC(=O)COC(=O)c1ccc(Oc2ccc(C(=O)OCC(=O)C=C)c(C(=O)Nc3cccc(C(=O)OC45CC6CC(CC(COC(=O)c7ccc(C)cc7)(C6)C4)C5)c3)c2)cc1C(=O)NC. The first-order valence-corrected chi connectivity index (χ1v) is 21.3. The fourth-order valence-electron chi connectivity index (χ4n) is 9.55. The summed E-state index contributed by atoms with van der Waals surface area (Å²) in [5.74, 6) is -4.80. The summed E-state index contributed by atoms with van der Waals surface area (Å²) in [6.45, 7) is 7.68. The summed E-state index contributed by atoms with van der Waals surface area (Å²) in [7, 11) is 1.35. The second-order valence-corrected chi connectivity index (χ2v) is 17.1. The smallest absolute Gasteiger partial charge is 0.339 e. The van der Waals surface area contributed by atoms with Crippen LogP contribution in [0.5, 0.6) is 11.5 Å². The minimum Gasteiger partial charge on any atom is -0.462 e. The van der Waals surface area contributed by atoms with E-state index >= 15 is 0 Å². The summed E-state index contributed by atoms with van der Waals surface area (Å²) < 4.78 is 28.5. The first-order valence-electron chi connectivity index (χ1n) is 21.3. The van der Waals surface area contributed by atoms with Crippen molar-refractivity contribution in [2.24, 2.45) is 17.3 Å². The normalized spacial score (nSPS) is 19.9. The van der Waals surface area contributed by atoms with Gasteiger partial charge in [-0.25, -0.2) is 19.2 Å². The molecule has 2 atom stereocenters. The van der Waals surface area contributed by atoms with Crippen molar-refractivity contribution in [3.05, 3.63) is 149 Å². The van der Waals surface area contributed by atoms with Gasteiger partial charge in [0, 0.05) is 18.2 Å². The van der Waals surface area contributed by atoms with E-state index in [1.54, 1.807) is 30.3 Å². The molecule has 0 aliphatic heterocycles. The van der Waals surface area contributed by atoms with Crippen molar-refractivity contribution in [1.29, 1.82) is 0 Å². The van der Waals surface area contributed by atoms with Gasteiger partial charge in [0.2, 0.25) is 0 Å². The van der Waals surface area contributed by atoms with Gasteiger partial charge >= 0.3 is 23.9 Å². The Hall–Kier alpha value is -7.68. The predicted molar refractivity (Wildman–Crippen MR) is 238 cm³/mol. The van der Waals surface area contributed by atoms with Gasteiger partial charge in [0.15, 0.2) is 24.8 Å². The number of aryl methyl sites for hydroxylation is 1. The number of anilines is 1. The van der Waals surface area contributed by atoms with Crippen LogP contribution < -0.4 is 15.4 Å². The van der Waals surface area contributed by atoms with Gasteiger partial charge in [-0.3, -0.25) is 19.2 Å². The molecule has 15 heteroatoms. The number of carbonyl (C=O) groups excluding carboxylic acids is 8. The van der Waals surface area contributed by atoms with Crippen LogP contribution in [0.2, 0.25) is 0 Å². The number of benzene rings is 4. The Balaban J connectivity index is 1.08. The molecule has 0 saturated heterocycles. The molecule has 2 N–H and O–H groups in total. The number of amides is 2. The fraction of sp³-hybridized carbons (Fsp3) is 0.294. The molecule has 0 radical (unpaired) electrons. The minimum absolute atomic E-state index is 0.0178. The highest BCUT2D eigenvalue weighted by Gasteiger charge is 2.60. The topological polar surface area (TPSA) is 207 Å². The van der Waals surface area contributed by atoms with Crippen molar-refractivity contribution in [2.45, 2.75) is 51.0 Å². The third-order valence-electron chi connectivity index (χ3n) is 12.1. The number of hydrogen-bond acceptors (Lipinski definition) is 13. The van der Waals surface area contributed by atoms with Crippen LogP contribution in [0.1, 0.15) is 106 Å². The van der Waals surface area contributed by atoms with Gasteiger partial charge in [-0.15, -0.1) is 0 Å². The maximum absolute atomic E-state index is 14.1. The Morgan fingerprint density at radius 1 is 0.636 bits per heavy atom. The largest absolute Gasteiger partial charge is 0.462 e. The van der Waals surface area contributed by atoms with Crippen molar-refractivity contribution in [2.75, 3.05) is 32.2 Å². The van der Waals surface area contributed by atoms with Gasteiger partial charge in [0.25, 0.3) is 11.8 Å². The standard InChI is InChI=1S/C51H48N2O13/c1-5-36(54)26-62-48(60)40-16-14-38(20-42(40)44(56)52-4)65-39-15-17-41(49(61)63-27-37(55)6-2)43(21-39)45(57)53-35-9-7-8-34(19-35)47(59)66-51-24-31-18-32(25-51)23-50(22-31,28-51)29-64-46(58)33-12-10-30(3)11-13-33/h5-17,19-21,31-32H,1-2,18,22-29H2,3-4H3,(H,52,56)(H,53,57). The van der Waals surface area contributed by atoms with Crippen LogP contribution in [0.4, 0.5) is 5.69 Å². The Labute approximate surface area is 380 Å². The van der Waals surface area contributed by atoms with Crippen molar-refractivity contribution in [1.82, 2.24) is 5.32 Å². The van der Waals surface area contributed by atoms with Crippen LogP contribution in [0, 0.1) is 24.2 Å². The quantitative estimate of drug-likeness (QED) is 0.0562. The lowest BCUT2D eigenvalue weighted by molar-refractivity contribution is -0.177. The van der Waals surface area contributed by atoms with Crippen molar-refractivity contribution < 1.29 is 62.0 Å². The second kappa shape index (κ2) is 19.6. The van der Waals surface area contributed by atoms with Crippen LogP contribution >= 0.6 is 0 Å². The molecule has 0 aromatic heterocycles. The number of esters is 4. The number of ether oxygens (including phenoxy) is 5. The third-order valence-corrected chi connectivity index (χ3v) is 12.1. The van der Waals surface area contributed by atoms with Crippen LogP contribution in [0.25, 0.3) is 0 Å². The zero-order valence-corrected chi connectivity index (χ0v) is 36.5. The van der Waals surface area contributed by atoms with Gasteiger partial charge < -0.3 is 34.3 Å². The molecule has 4 aliphatic rings. The molecule has 2 amide bonds. The van der Waals surface area contributed by atoms with E-state index in [2.05, 4.69) is 23.8 Å². The van der Waals surface area contributed by atoms with Crippen LogP contribution in [0.3, 0.4) is 0 Å². The molecule has 4 aromatic rings. The Morgan fingerprint density at radius 2 is 1.21 bits per heavy atom. The Bertz CT molecular complexity index is 2640. The van der Waals surface area contributed by atoms with Crippen molar-refractivity contribution >= 4 is 52.9 Å². The molecule has 340 valence electrons. The zero-order chi connectivity index (χ0) is 47.2. The van der Waals surface area contributed by atoms with E-state index in [1.165, 1.54) is 49.5 Å². The van der Waals surface area contributed by atoms with Crippen LogP contribution in [0.15, 0.2) is 110 Å². The fourth-order valence-corrected chi connectivity index (χ4v) is 9.55. The molecule has 4 aliphatic carbocycles. The average Bonchev–Trinajstić information content (AvgIpc) is 3.30. The van der Waals surface area contributed by atoms with E-state index in [4.69, 9.17) is 23.7 Å². The lowest BCUT2D eigenvalue weighted by atomic mass is 9.48. The van der Waals surface area contributed by atoms with Crippen molar-refractivity contribution in [3.8, 4) is 11.5 Å². The monoisotopic (exact) mass is 896 g/mol. The molecule has 2 unspecified atom stereocenters. The van der Waals surface area contributed by atoms with E-state index in [9.17, 15) is 38.4 Å². The highest BCUT2D eigenvalue weighted by atomic mass is 16.6. The van der Waals surface area contributed by atoms with Gasteiger partial charge in [-0.2, -0.15) is 0 Å². The van der Waals surface area contributed by atoms with Gasteiger partial charge in [-0.05, 0) is 136 Å². The van der Waals surface area contributed by atoms with E-state index in [-0.39, 0.29) is 63.0 Å². The molecular weight excluding hydrogens is 849 g/mol. The number of rotatable bonds is 18. The Morgan fingerprint density at radius 3 is 1.77 bits per heavy atom. The molecule has 4 aromatic carbocycles. The third kappa shape index (κ3) is 10.6. The first-order chi connectivity index (χ1) is 31.6. The number of nitrogens with one attached hydrogen (secondary N) is 2. The minimum atomic E-state index is -1.00. The lowest BCUT2D eigenvalue weighted by Gasteiger charge is -2.60. The molecule has 4 fully saturated rings. The highest BCUT2D eigenvalue weighted by Crippen LogP contribution is 2.63. The average molecular weight is 897 g/mol. The molecule has 66 heavy (non-hydrogen) atoms. The number of ketones is 2. The van der Waals surface area contributed by atoms with E-state index in [0.29, 0.717) is 36.7 Å². The molecule has 4 saturated carbocycles. The Kier molecular flexibility index (Phi) is 13.8. The first kappa shape index (κ1) is 46.3. The van der Waals surface area contributed by atoms with Gasteiger partial charge in [0.05, 0.1) is 40.0 Å². The maximum atomic E-state index is 14.1. The van der Waals surface area contributed by atoms with Crippen LogP contribution in [-0.4, -0.2) is 79.7 Å². The zero-order valence-electron chi connectivity index (χ0n) is 36.5. The molecular formula is C51H48N2O13. The summed E-state index contributed by atoms with van der Waals surface area (Å²) >= 11 is 0. The summed E-state index contributed by atoms with van der Waals surface area (Å²) in [5, 5.41) is 5.16. The predicted octanol–water partition coefficient (Wildman–Crippen LogP) is 7.58. The number of carbonyl (C=O) groups is 8.